The van der Waals surface area contributed by atoms with Crippen LogP contribution in [0, 0.1) is 0 Å². The van der Waals surface area contributed by atoms with Crippen LogP contribution in [0.4, 0.5) is 5.69 Å². The van der Waals surface area contributed by atoms with Gasteiger partial charge in [-0.2, -0.15) is 0 Å². The Bertz CT molecular complexity index is 871. The number of hydrogen-bond acceptors (Lipinski definition) is 5. The number of amides is 2. The molecule has 0 unspecified atom stereocenters. The smallest absolute Gasteiger partial charge is 0.278 e. The normalized spacial score (nSPS) is 10.5. The molecule has 3 aromatic rings. The molecular weight excluding hydrogens is 322 g/mol. The van der Waals surface area contributed by atoms with Gasteiger partial charge in [0, 0.05) is 0 Å². The van der Waals surface area contributed by atoms with Crippen LogP contribution >= 0.6 is 11.6 Å². The van der Waals surface area contributed by atoms with Crippen LogP contribution in [-0.2, 0) is 0 Å². The van der Waals surface area contributed by atoms with Gasteiger partial charge in [0.25, 0.3) is 11.8 Å². The molecule has 0 aliphatic heterocycles. The van der Waals surface area contributed by atoms with Crippen LogP contribution in [0.15, 0.2) is 51.8 Å². The molecule has 8 heteroatoms. The molecule has 116 valence electrons. The van der Waals surface area contributed by atoms with Gasteiger partial charge in [-0.25, -0.2) is 4.98 Å². The molecule has 0 aliphatic carbocycles. The molecule has 0 atom stereocenters. The van der Waals surface area contributed by atoms with Crippen LogP contribution in [0.1, 0.15) is 20.8 Å². The molecule has 2 aromatic heterocycles. The van der Waals surface area contributed by atoms with E-state index in [-0.39, 0.29) is 27.7 Å². The maximum absolute atomic E-state index is 12.4. The van der Waals surface area contributed by atoms with E-state index in [0.29, 0.717) is 5.76 Å². The molecule has 1 aromatic carbocycles. The molecule has 0 saturated carbocycles. The Hall–Kier alpha value is -3.06. The standard InChI is InChI=1S/C15H10ClN3O4/c16-8-3-1-4-9(11(8)14(17)20)19-15(21)12-13(23-7-18-12)10-5-2-6-22-10/h1-7H,(H2,17,20)(H,19,21). The maximum Gasteiger partial charge on any atom is 0.278 e. The minimum Gasteiger partial charge on any atom is -0.461 e. The van der Waals surface area contributed by atoms with Gasteiger partial charge in [-0.05, 0) is 24.3 Å². The quantitative estimate of drug-likeness (QED) is 0.763. The Morgan fingerprint density at radius 3 is 2.70 bits per heavy atom. The van der Waals surface area contributed by atoms with Crippen LogP contribution in [0.2, 0.25) is 5.02 Å². The van der Waals surface area contributed by atoms with E-state index in [4.69, 9.17) is 26.2 Å². The summed E-state index contributed by atoms with van der Waals surface area (Å²) in [5.74, 6) is -0.809. The van der Waals surface area contributed by atoms with Crippen LogP contribution in [0.3, 0.4) is 0 Å². The Balaban J connectivity index is 1.94. The number of carbonyl (C=O) groups is 2. The van der Waals surface area contributed by atoms with Gasteiger partial charge in [0.15, 0.2) is 17.8 Å². The van der Waals surface area contributed by atoms with E-state index in [1.54, 1.807) is 18.2 Å². The number of anilines is 1. The van der Waals surface area contributed by atoms with E-state index in [1.807, 2.05) is 0 Å². The van der Waals surface area contributed by atoms with E-state index in [2.05, 4.69) is 10.3 Å². The van der Waals surface area contributed by atoms with Crippen molar-refractivity contribution in [1.29, 1.82) is 0 Å². The highest BCUT2D eigenvalue weighted by atomic mass is 35.5. The summed E-state index contributed by atoms with van der Waals surface area (Å²) in [4.78, 5) is 27.8. The lowest BCUT2D eigenvalue weighted by Gasteiger charge is -2.09. The minimum absolute atomic E-state index is 0.00958. The second-order valence-electron chi connectivity index (χ2n) is 4.49. The summed E-state index contributed by atoms with van der Waals surface area (Å²) in [6.45, 7) is 0. The number of benzene rings is 1. The van der Waals surface area contributed by atoms with Gasteiger partial charge in [-0.3, -0.25) is 9.59 Å². The number of nitrogens with zero attached hydrogens (tertiary/aromatic N) is 1. The van der Waals surface area contributed by atoms with E-state index in [9.17, 15) is 9.59 Å². The second kappa shape index (κ2) is 5.98. The van der Waals surface area contributed by atoms with Crippen molar-refractivity contribution in [3.05, 3.63) is 59.3 Å². The number of halogens is 1. The molecule has 0 spiro atoms. The molecular formula is C15H10ClN3O4. The molecule has 2 amide bonds. The molecule has 23 heavy (non-hydrogen) atoms. The highest BCUT2D eigenvalue weighted by Gasteiger charge is 2.22. The molecule has 0 saturated heterocycles. The summed E-state index contributed by atoms with van der Waals surface area (Å²) in [6, 6.07) is 7.88. The Kier molecular flexibility index (Phi) is 3.86. The average Bonchev–Trinajstić information content (AvgIpc) is 3.18. The van der Waals surface area contributed by atoms with Crippen molar-refractivity contribution in [2.45, 2.75) is 0 Å². The summed E-state index contributed by atoms with van der Waals surface area (Å²) in [7, 11) is 0. The van der Waals surface area contributed by atoms with Crippen molar-refractivity contribution in [2.24, 2.45) is 5.73 Å². The lowest BCUT2D eigenvalue weighted by molar-refractivity contribution is 0.100. The summed E-state index contributed by atoms with van der Waals surface area (Å²) >= 11 is 5.94. The number of rotatable bonds is 4. The molecule has 0 bridgehead atoms. The second-order valence-corrected chi connectivity index (χ2v) is 4.90. The fraction of sp³-hybridized carbons (Fsp3) is 0. The predicted molar refractivity (Wildman–Crippen MR) is 82.1 cm³/mol. The van der Waals surface area contributed by atoms with Gasteiger partial charge in [0.2, 0.25) is 5.76 Å². The fourth-order valence-electron chi connectivity index (χ4n) is 2.05. The van der Waals surface area contributed by atoms with Crippen LogP contribution in [0.5, 0.6) is 0 Å². The number of carbonyl (C=O) groups excluding carboxylic acids is 2. The SMILES string of the molecule is NC(=O)c1c(Cl)cccc1NC(=O)c1ncoc1-c1ccco1. The number of primary amides is 1. The van der Waals surface area contributed by atoms with Crippen molar-refractivity contribution in [3.8, 4) is 11.5 Å². The zero-order valence-electron chi connectivity index (χ0n) is 11.6. The number of hydrogen-bond donors (Lipinski definition) is 2. The van der Waals surface area contributed by atoms with Gasteiger partial charge in [0.05, 0.1) is 22.5 Å². The minimum atomic E-state index is -0.752. The first kappa shape index (κ1) is 14.9. The monoisotopic (exact) mass is 331 g/mol. The van der Waals surface area contributed by atoms with E-state index >= 15 is 0 Å². The van der Waals surface area contributed by atoms with E-state index in [1.165, 1.54) is 18.4 Å². The van der Waals surface area contributed by atoms with E-state index in [0.717, 1.165) is 6.39 Å². The lowest BCUT2D eigenvalue weighted by atomic mass is 10.1. The fourth-order valence-corrected chi connectivity index (χ4v) is 2.32. The predicted octanol–water partition coefficient (Wildman–Crippen LogP) is 2.94. The number of nitrogens with two attached hydrogens (primary N) is 1. The third-order valence-electron chi connectivity index (χ3n) is 3.04. The van der Waals surface area contributed by atoms with Crippen molar-refractivity contribution in [2.75, 3.05) is 5.32 Å². The summed E-state index contributed by atoms with van der Waals surface area (Å²) in [6.07, 6.45) is 2.57. The first-order chi connectivity index (χ1) is 11.1. The number of aromatic nitrogens is 1. The van der Waals surface area contributed by atoms with Crippen molar-refractivity contribution < 1.29 is 18.4 Å². The van der Waals surface area contributed by atoms with Crippen LogP contribution < -0.4 is 11.1 Å². The van der Waals surface area contributed by atoms with Crippen molar-refractivity contribution in [3.63, 3.8) is 0 Å². The topological polar surface area (TPSA) is 111 Å². The van der Waals surface area contributed by atoms with Gasteiger partial charge >= 0.3 is 0 Å². The third kappa shape index (κ3) is 2.82. The summed E-state index contributed by atoms with van der Waals surface area (Å²) < 4.78 is 10.4. The number of nitrogens with one attached hydrogen (secondary N) is 1. The largest absolute Gasteiger partial charge is 0.461 e. The molecule has 2 heterocycles. The first-order valence-electron chi connectivity index (χ1n) is 6.45. The first-order valence-corrected chi connectivity index (χ1v) is 6.82. The van der Waals surface area contributed by atoms with Gasteiger partial charge in [0.1, 0.15) is 0 Å². The van der Waals surface area contributed by atoms with Gasteiger partial charge in [-0.1, -0.05) is 17.7 Å². The molecule has 0 aliphatic rings. The highest BCUT2D eigenvalue weighted by Crippen LogP contribution is 2.27. The van der Waals surface area contributed by atoms with Crippen molar-refractivity contribution >= 4 is 29.1 Å². The molecule has 0 radical (unpaired) electrons. The Morgan fingerprint density at radius 1 is 1.17 bits per heavy atom. The van der Waals surface area contributed by atoms with Gasteiger partial charge < -0.3 is 19.9 Å². The molecule has 7 nitrogen and oxygen atoms in total. The molecule has 3 rings (SSSR count). The summed E-state index contributed by atoms with van der Waals surface area (Å²) in [5, 5.41) is 2.69. The Labute approximate surface area is 135 Å². The average molecular weight is 332 g/mol. The zero-order chi connectivity index (χ0) is 16.4. The zero-order valence-corrected chi connectivity index (χ0v) is 12.3. The number of furan rings is 1. The Morgan fingerprint density at radius 2 is 2.00 bits per heavy atom. The third-order valence-corrected chi connectivity index (χ3v) is 3.35. The van der Waals surface area contributed by atoms with Crippen molar-refractivity contribution in [1.82, 2.24) is 4.98 Å². The van der Waals surface area contributed by atoms with Gasteiger partial charge in [-0.15, -0.1) is 0 Å². The summed E-state index contributed by atoms with van der Waals surface area (Å²) in [5.41, 5.74) is 5.51. The van der Waals surface area contributed by atoms with Crippen LogP contribution in [-0.4, -0.2) is 16.8 Å². The molecule has 3 N–H and O–H groups in total. The van der Waals surface area contributed by atoms with Crippen LogP contribution in [0.25, 0.3) is 11.5 Å². The molecule has 0 fully saturated rings. The lowest BCUT2D eigenvalue weighted by Crippen LogP contribution is -2.19. The maximum atomic E-state index is 12.4. The van der Waals surface area contributed by atoms with E-state index < -0.39 is 11.8 Å². The number of oxazole rings is 1. The highest BCUT2D eigenvalue weighted by molar-refractivity contribution is 6.34.